The van der Waals surface area contributed by atoms with Crippen molar-refractivity contribution in [2.24, 2.45) is 11.8 Å². The molecular formula is C23H27ClFN7O. The second-order valence-electron chi connectivity index (χ2n) is 8.46. The van der Waals surface area contributed by atoms with Crippen LogP contribution in [0.15, 0.2) is 30.6 Å². The van der Waals surface area contributed by atoms with Crippen LogP contribution in [0.3, 0.4) is 0 Å². The highest BCUT2D eigenvalue weighted by molar-refractivity contribution is 6.30. The molecule has 3 aromatic rings. The molecule has 0 spiro atoms. The minimum atomic E-state index is -2.96. The predicted molar refractivity (Wildman–Crippen MR) is 124 cm³/mol. The summed E-state index contributed by atoms with van der Waals surface area (Å²) < 4.78 is 67.7. The summed E-state index contributed by atoms with van der Waals surface area (Å²) in [5, 5.41) is 7.60. The number of hydrogen-bond acceptors (Lipinski definition) is 7. The summed E-state index contributed by atoms with van der Waals surface area (Å²) in [4.78, 5) is 15.1. The van der Waals surface area contributed by atoms with Gasteiger partial charge in [0.2, 0.25) is 5.95 Å². The summed E-state index contributed by atoms with van der Waals surface area (Å²) in [5.41, 5.74) is 0.882. The normalized spacial score (nSPS) is 25.6. The maximum absolute atomic E-state index is 13.9. The first-order valence-corrected chi connectivity index (χ1v) is 11.1. The number of hydrogen-bond donors (Lipinski definition) is 1. The Labute approximate surface area is 205 Å². The molecule has 1 N–H and O–H groups in total. The highest BCUT2D eigenvalue weighted by atomic mass is 35.5. The highest BCUT2D eigenvalue weighted by Gasteiger charge is 2.43. The molecule has 1 aliphatic heterocycles. The molecule has 1 aliphatic carbocycles. The first-order valence-electron chi connectivity index (χ1n) is 13.7. The first kappa shape index (κ1) is 15.8. The number of benzene rings is 1. The summed E-state index contributed by atoms with van der Waals surface area (Å²) >= 11 is 5.93. The summed E-state index contributed by atoms with van der Waals surface area (Å²) in [6.07, 6.45) is 3.47. The van der Waals surface area contributed by atoms with E-state index in [1.165, 1.54) is 6.07 Å². The third kappa shape index (κ3) is 4.59. The molecule has 174 valence electrons. The van der Waals surface area contributed by atoms with E-state index in [1.807, 2.05) is 13.0 Å². The number of aromatic nitrogens is 5. The molecule has 10 heteroatoms. The standard InChI is InChI=1S/C23H27ClFN7O/c1-13(2)32-23(33-19-8-17(24)7-18(25)9-19)29-22(30-32)28-21-15-4-5-16(21)11-31(10-15)20-6-14(3)26-12-27-20/h6-9,12-13,15-16,21H,4-5,10-11H2,1-3H3,(H,28,30)/t15-,16+,21+/i1D3,2D3. The van der Waals surface area contributed by atoms with Gasteiger partial charge in [0.15, 0.2) is 0 Å². The lowest BCUT2D eigenvalue weighted by Gasteiger charge is -2.38. The van der Waals surface area contributed by atoms with Crippen LogP contribution in [0.25, 0.3) is 0 Å². The Morgan fingerprint density at radius 1 is 1.18 bits per heavy atom. The van der Waals surface area contributed by atoms with Crippen molar-refractivity contribution in [2.45, 2.75) is 45.6 Å². The molecule has 3 heterocycles. The summed E-state index contributed by atoms with van der Waals surface area (Å²) in [5.74, 6) is 0.565. The summed E-state index contributed by atoms with van der Waals surface area (Å²) in [6, 6.07) is 2.87. The molecule has 0 radical (unpaired) electrons. The number of nitrogens with zero attached hydrogens (tertiary/aromatic N) is 6. The molecule has 2 aromatic heterocycles. The zero-order valence-corrected chi connectivity index (χ0v) is 18.6. The van der Waals surface area contributed by atoms with Gasteiger partial charge in [-0.3, -0.25) is 0 Å². The van der Waals surface area contributed by atoms with E-state index in [0.29, 0.717) is 0 Å². The average Bonchev–Trinajstić information content (AvgIpc) is 3.25. The van der Waals surface area contributed by atoms with E-state index in [4.69, 9.17) is 24.6 Å². The number of anilines is 2. The Morgan fingerprint density at radius 3 is 2.67 bits per heavy atom. The number of piperidine rings is 1. The maximum atomic E-state index is 13.9. The van der Waals surface area contributed by atoms with Crippen LogP contribution in [0.1, 0.15) is 46.5 Å². The second kappa shape index (κ2) is 8.78. The minimum Gasteiger partial charge on any atom is -0.424 e. The molecule has 2 aliphatic rings. The highest BCUT2D eigenvalue weighted by Crippen LogP contribution is 2.40. The van der Waals surface area contributed by atoms with Crippen LogP contribution in [-0.4, -0.2) is 43.9 Å². The van der Waals surface area contributed by atoms with Gasteiger partial charge < -0.3 is 15.0 Å². The second-order valence-corrected chi connectivity index (χ2v) is 8.90. The summed E-state index contributed by atoms with van der Waals surface area (Å²) in [7, 11) is 0. The quantitative estimate of drug-likeness (QED) is 0.542. The predicted octanol–water partition coefficient (Wildman–Crippen LogP) is 4.87. The van der Waals surface area contributed by atoms with E-state index in [0.717, 1.165) is 54.3 Å². The monoisotopic (exact) mass is 477 g/mol. The molecular weight excluding hydrogens is 445 g/mol. The van der Waals surface area contributed by atoms with Crippen molar-refractivity contribution in [1.29, 1.82) is 0 Å². The van der Waals surface area contributed by atoms with Gasteiger partial charge in [0, 0.05) is 50.2 Å². The van der Waals surface area contributed by atoms with Crippen LogP contribution in [-0.2, 0) is 0 Å². The number of halogens is 2. The number of rotatable bonds is 6. The van der Waals surface area contributed by atoms with Gasteiger partial charge >= 0.3 is 6.01 Å². The average molecular weight is 478 g/mol. The Kier molecular flexibility index (Phi) is 4.21. The maximum Gasteiger partial charge on any atom is 0.322 e. The van der Waals surface area contributed by atoms with Crippen molar-refractivity contribution in [3.8, 4) is 11.8 Å². The number of aryl methyl sites for hydroxylation is 1. The van der Waals surface area contributed by atoms with Crippen molar-refractivity contribution in [3.63, 3.8) is 0 Å². The fraction of sp³-hybridized carbons (Fsp3) is 0.478. The molecule has 33 heavy (non-hydrogen) atoms. The lowest BCUT2D eigenvalue weighted by atomic mass is 9.92. The van der Waals surface area contributed by atoms with E-state index >= 15 is 0 Å². The smallest absolute Gasteiger partial charge is 0.322 e. The van der Waals surface area contributed by atoms with Crippen molar-refractivity contribution in [2.75, 3.05) is 23.3 Å². The number of nitrogens with one attached hydrogen (secondary N) is 1. The zero-order valence-electron chi connectivity index (χ0n) is 23.9. The SMILES string of the molecule is [2H]C([2H])([2H])C(n1nc(N[C@H]2[C@@H]3CC[C@H]2CN(c2cc(C)ncn2)C3)nc1Oc1cc(F)cc(Cl)c1)C([2H])([2H])[2H]. The van der Waals surface area contributed by atoms with Crippen molar-refractivity contribution >= 4 is 23.4 Å². The van der Waals surface area contributed by atoms with Crippen LogP contribution < -0.4 is 15.0 Å². The van der Waals surface area contributed by atoms with Crippen LogP contribution >= 0.6 is 11.6 Å². The zero-order chi connectivity index (χ0) is 28.1. The number of ether oxygens (including phenoxy) is 1. The summed E-state index contributed by atoms with van der Waals surface area (Å²) in [6.45, 7) is -2.53. The largest absolute Gasteiger partial charge is 0.424 e. The van der Waals surface area contributed by atoms with Crippen molar-refractivity contribution in [3.05, 3.63) is 47.1 Å². The first-order chi connectivity index (χ1) is 18.3. The van der Waals surface area contributed by atoms with Gasteiger partial charge in [-0.05, 0) is 57.4 Å². The molecule has 0 unspecified atom stereocenters. The van der Waals surface area contributed by atoms with Crippen molar-refractivity contribution < 1.29 is 17.4 Å². The lowest BCUT2D eigenvalue weighted by Crippen LogP contribution is -2.48. The number of fused-ring (bicyclic) bond motifs is 2. The van der Waals surface area contributed by atoms with Crippen LogP contribution in [0, 0.1) is 24.6 Å². The Balaban J connectivity index is 1.44. The molecule has 5 rings (SSSR count). The molecule has 1 aromatic carbocycles. The van der Waals surface area contributed by atoms with Gasteiger partial charge in [0.05, 0.1) is 6.04 Å². The fourth-order valence-corrected chi connectivity index (χ4v) is 4.92. The van der Waals surface area contributed by atoms with Crippen LogP contribution in [0.2, 0.25) is 5.02 Å². The fourth-order valence-electron chi connectivity index (χ4n) is 4.71. The third-order valence-corrected chi connectivity index (χ3v) is 6.35. The lowest BCUT2D eigenvalue weighted by molar-refractivity contribution is 0.373. The van der Waals surface area contributed by atoms with Gasteiger partial charge in [-0.25, -0.2) is 19.0 Å². The van der Waals surface area contributed by atoms with Crippen LogP contribution in [0.5, 0.6) is 11.8 Å². The van der Waals surface area contributed by atoms with E-state index in [9.17, 15) is 4.39 Å². The molecule has 8 nitrogen and oxygen atoms in total. The van der Waals surface area contributed by atoms with Gasteiger partial charge in [-0.1, -0.05) is 11.6 Å². The molecule has 2 fully saturated rings. The van der Waals surface area contributed by atoms with E-state index in [-0.39, 0.29) is 34.6 Å². The molecule has 1 saturated carbocycles. The van der Waals surface area contributed by atoms with E-state index < -0.39 is 31.6 Å². The van der Waals surface area contributed by atoms with Gasteiger partial charge in [0.25, 0.3) is 0 Å². The Bertz CT molecular complexity index is 1300. The molecule has 2 bridgehead atoms. The van der Waals surface area contributed by atoms with Gasteiger partial charge in [0.1, 0.15) is 23.7 Å². The van der Waals surface area contributed by atoms with Crippen molar-refractivity contribution in [1.82, 2.24) is 24.7 Å². The topological polar surface area (TPSA) is 81.0 Å². The Hall–Kier alpha value is -2.94. The van der Waals surface area contributed by atoms with Gasteiger partial charge in [-0.15, -0.1) is 5.10 Å². The van der Waals surface area contributed by atoms with E-state index in [2.05, 4.69) is 30.3 Å². The van der Waals surface area contributed by atoms with Crippen LogP contribution in [0.4, 0.5) is 16.2 Å². The molecule has 1 saturated heterocycles. The Morgan fingerprint density at radius 2 is 1.97 bits per heavy atom. The molecule has 3 atom stereocenters. The molecule has 0 amide bonds. The minimum absolute atomic E-state index is 0.0271. The van der Waals surface area contributed by atoms with Gasteiger partial charge in [-0.2, -0.15) is 4.98 Å². The van der Waals surface area contributed by atoms with E-state index in [1.54, 1.807) is 6.33 Å². The third-order valence-electron chi connectivity index (χ3n) is 6.13.